The second-order valence-electron chi connectivity index (χ2n) is 6.70. The predicted octanol–water partition coefficient (Wildman–Crippen LogP) is 1.88. The van der Waals surface area contributed by atoms with Crippen LogP contribution in [0.4, 0.5) is 5.69 Å². The smallest absolute Gasteiger partial charge is 0.289 e. The Labute approximate surface area is 168 Å². The summed E-state index contributed by atoms with van der Waals surface area (Å²) in [5, 5.41) is 9.27. The van der Waals surface area contributed by atoms with Crippen LogP contribution in [0.3, 0.4) is 0 Å². The lowest BCUT2D eigenvalue weighted by molar-refractivity contribution is -0.132. The van der Waals surface area contributed by atoms with Crippen LogP contribution in [0.1, 0.15) is 29.5 Å². The fourth-order valence-electron chi connectivity index (χ4n) is 3.33. The lowest BCUT2D eigenvalue weighted by atomic mass is 10.1. The number of hydrogen-bond donors (Lipinski definition) is 0. The summed E-state index contributed by atoms with van der Waals surface area (Å²) in [7, 11) is 0. The first kappa shape index (κ1) is 20.1. The van der Waals surface area contributed by atoms with E-state index in [2.05, 4.69) is 6.07 Å². The third kappa shape index (κ3) is 4.63. The van der Waals surface area contributed by atoms with E-state index in [0.29, 0.717) is 37.4 Å². The second-order valence-corrected chi connectivity index (χ2v) is 6.70. The molecule has 0 radical (unpaired) electrons. The van der Waals surface area contributed by atoms with Crippen molar-refractivity contribution in [3.8, 4) is 6.07 Å². The van der Waals surface area contributed by atoms with E-state index in [1.807, 2.05) is 0 Å². The molecule has 0 N–H and O–H groups in total. The molecule has 0 bridgehead atoms. The zero-order chi connectivity index (χ0) is 20.8. The van der Waals surface area contributed by atoms with E-state index in [-0.39, 0.29) is 36.4 Å². The number of para-hydroxylation sites is 1. The molecule has 150 valence electrons. The van der Waals surface area contributed by atoms with Gasteiger partial charge in [0.25, 0.3) is 5.91 Å². The number of furan rings is 1. The summed E-state index contributed by atoms with van der Waals surface area (Å²) < 4.78 is 5.14. The van der Waals surface area contributed by atoms with Crippen LogP contribution in [-0.2, 0) is 9.59 Å². The molecule has 1 aliphatic heterocycles. The number of benzene rings is 1. The van der Waals surface area contributed by atoms with Crippen LogP contribution in [0, 0.1) is 11.3 Å². The first-order valence-electron chi connectivity index (χ1n) is 9.39. The molecular formula is C21H22N4O4. The van der Waals surface area contributed by atoms with Crippen molar-refractivity contribution in [1.29, 1.82) is 5.26 Å². The summed E-state index contributed by atoms with van der Waals surface area (Å²) in [6, 6.07) is 12.2. The van der Waals surface area contributed by atoms with Gasteiger partial charge in [-0.25, -0.2) is 0 Å². The topological polar surface area (TPSA) is 97.9 Å². The van der Waals surface area contributed by atoms with Crippen LogP contribution in [0.25, 0.3) is 0 Å². The second kappa shape index (κ2) is 9.06. The Morgan fingerprint density at radius 3 is 2.38 bits per heavy atom. The van der Waals surface area contributed by atoms with E-state index in [9.17, 15) is 19.6 Å². The van der Waals surface area contributed by atoms with Gasteiger partial charge in [0.05, 0.1) is 17.5 Å². The van der Waals surface area contributed by atoms with Gasteiger partial charge < -0.3 is 19.1 Å². The van der Waals surface area contributed by atoms with E-state index in [1.54, 1.807) is 46.2 Å². The maximum absolute atomic E-state index is 12.6. The van der Waals surface area contributed by atoms with E-state index < -0.39 is 0 Å². The minimum Gasteiger partial charge on any atom is -0.459 e. The van der Waals surface area contributed by atoms with Crippen molar-refractivity contribution in [2.75, 3.05) is 37.6 Å². The Balaban J connectivity index is 1.56. The molecule has 3 rings (SSSR count). The summed E-state index contributed by atoms with van der Waals surface area (Å²) in [4.78, 5) is 41.8. The highest BCUT2D eigenvalue weighted by Gasteiger charge is 2.26. The molecule has 0 spiro atoms. The predicted molar refractivity (Wildman–Crippen MR) is 105 cm³/mol. The first-order valence-corrected chi connectivity index (χ1v) is 9.39. The SMILES string of the molecule is CC(=O)N(CCC(=O)N1CCN(C(=O)c2ccco2)CC1)c1ccccc1C#N. The molecule has 1 aromatic carbocycles. The summed E-state index contributed by atoms with van der Waals surface area (Å²) in [6.07, 6.45) is 1.60. The lowest BCUT2D eigenvalue weighted by Gasteiger charge is -2.34. The van der Waals surface area contributed by atoms with Crippen molar-refractivity contribution >= 4 is 23.4 Å². The molecule has 8 heteroatoms. The Bertz CT molecular complexity index is 924. The number of rotatable bonds is 5. The van der Waals surface area contributed by atoms with Gasteiger partial charge in [-0.05, 0) is 24.3 Å². The normalized spacial score (nSPS) is 13.7. The number of carbonyl (C=O) groups excluding carboxylic acids is 3. The summed E-state index contributed by atoms with van der Waals surface area (Å²) in [5.41, 5.74) is 0.893. The van der Waals surface area contributed by atoms with Gasteiger partial charge in [-0.15, -0.1) is 0 Å². The number of hydrogen-bond acceptors (Lipinski definition) is 5. The maximum Gasteiger partial charge on any atom is 0.289 e. The highest BCUT2D eigenvalue weighted by atomic mass is 16.3. The van der Waals surface area contributed by atoms with Crippen LogP contribution < -0.4 is 4.90 Å². The largest absolute Gasteiger partial charge is 0.459 e. The van der Waals surface area contributed by atoms with Crippen molar-refractivity contribution in [3.05, 3.63) is 54.0 Å². The number of nitrogens with zero attached hydrogens (tertiary/aromatic N) is 4. The quantitative estimate of drug-likeness (QED) is 0.771. The number of piperazine rings is 1. The van der Waals surface area contributed by atoms with Crippen LogP contribution in [0.5, 0.6) is 0 Å². The third-order valence-electron chi connectivity index (χ3n) is 4.90. The highest BCUT2D eigenvalue weighted by molar-refractivity contribution is 5.94. The first-order chi connectivity index (χ1) is 14.0. The zero-order valence-electron chi connectivity index (χ0n) is 16.2. The summed E-state index contributed by atoms with van der Waals surface area (Å²) >= 11 is 0. The molecule has 1 fully saturated rings. The van der Waals surface area contributed by atoms with Crippen LogP contribution in [-0.4, -0.2) is 60.2 Å². The number of nitriles is 1. The Morgan fingerprint density at radius 2 is 1.76 bits per heavy atom. The molecule has 29 heavy (non-hydrogen) atoms. The molecule has 1 aliphatic rings. The molecule has 0 unspecified atom stereocenters. The molecule has 2 aromatic rings. The zero-order valence-corrected chi connectivity index (χ0v) is 16.2. The Kier molecular flexibility index (Phi) is 6.29. The van der Waals surface area contributed by atoms with Gasteiger partial charge in [0.15, 0.2) is 5.76 Å². The molecule has 1 aromatic heterocycles. The number of anilines is 1. The Hall–Kier alpha value is -3.60. The van der Waals surface area contributed by atoms with Gasteiger partial charge in [0.2, 0.25) is 11.8 Å². The van der Waals surface area contributed by atoms with Crippen molar-refractivity contribution in [2.45, 2.75) is 13.3 Å². The molecule has 8 nitrogen and oxygen atoms in total. The fraction of sp³-hybridized carbons (Fsp3) is 0.333. The molecular weight excluding hydrogens is 372 g/mol. The van der Waals surface area contributed by atoms with Crippen molar-refractivity contribution < 1.29 is 18.8 Å². The summed E-state index contributed by atoms with van der Waals surface area (Å²) in [5.74, 6) is -0.207. The van der Waals surface area contributed by atoms with Crippen molar-refractivity contribution in [1.82, 2.24) is 9.80 Å². The van der Waals surface area contributed by atoms with Crippen molar-refractivity contribution in [2.24, 2.45) is 0 Å². The van der Waals surface area contributed by atoms with Gasteiger partial charge in [0.1, 0.15) is 6.07 Å². The van der Waals surface area contributed by atoms with Gasteiger partial charge in [-0.3, -0.25) is 14.4 Å². The average molecular weight is 394 g/mol. The number of carbonyl (C=O) groups is 3. The maximum atomic E-state index is 12.6. The fourth-order valence-corrected chi connectivity index (χ4v) is 3.33. The van der Waals surface area contributed by atoms with E-state index in [4.69, 9.17) is 4.42 Å². The van der Waals surface area contributed by atoms with Gasteiger partial charge in [-0.1, -0.05) is 12.1 Å². The van der Waals surface area contributed by atoms with Crippen molar-refractivity contribution in [3.63, 3.8) is 0 Å². The summed E-state index contributed by atoms with van der Waals surface area (Å²) in [6.45, 7) is 3.33. The Morgan fingerprint density at radius 1 is 1.07 bits per heavy atom. The minimum atomic E-state index is -0.227. The van der Waals surface area contributed by atoms with Gasteiger partial charge in [-0.2, -0.15) is 5.26 Å². The van der Waals surface area contributed by atoms with E-state index in [0.717, 1.165) is 0 Å². The molecule has 0 aliphatic carbocycles. The average Bonchev–Trinajstić information content (AvgIpc) is 3.28. The monoisotopic (exact) mass is 394 g/mol. The van der Waals surface area contributed by atoms with Crippen LogP contribution >= 0.6 is 0 Å². The molecule has 0 saturated carbocycles. The number of amides is 3. The third-order valence-corrected chi connectivity index (χ3v) is 4.90. The highest BCUT2D eigenvalue weighted by Crippen LogP contribution is 2.20. The van der Waals surface area contributed by atoms with Gasteiger partial charge in [0, 0.05) is 46.1 Å². The minimum absolute atomic E-state index is 0.0872. The van der Waals surface area contributed by atoms with Gasteiger partial charge >= 0.3 is 0 Å². The van der Waals surface area contributed by atoms with Crippen LogP contribution in [0.15, 0.2) is 47.1 Å². The standard InChI is InChI=1S/C21H22N4O4/c1-16(26)25(18-6-3-2-5-17(18)15-22)9-8-20(27)23-10-12-24(13-11-23)21(28)19-7-4-14-29-19/h2-7,14H,8-13H2,1H3. The van der Waals surface area contributed by atoms with E-state index in [1.165, 1.54) is 18.1 Å². The van der Waals surface area contributed by atoms with Crippen LogP contribution in [0.2, 0.25) is 0 Å². The lowest BCUT2D eigenvalue weighted by Crippen LogP contribution is -2.51. The van der Waals surface area contributed by atoms with E-state index >= 15 is 0 Å². The molecule has 3 amide bonds. The molecule has 2 heterocycles. The molecule has 1 saturated heterocycles. The molecule has 0 atom stereocenters.